The van der Waals surface area contributed by atoms with Gasteiger partial charge in [0.05, 0.1) is 0 Å². The zero-order chi connectivity index (χ0) is 91.4. The van der Waals surface area contributed by atoms with Crippen molar-refractivity contribution in [1.29, 1.82) is 0 Å². The first-order valence-corrected chi connectivity index (χ1v) is 31.9. The Morgan fingerprint density at radius 1 is 0.193 bits per heavy atom. The Labute approximate surface area is 623 Å². The van der Waals surface area contributed by atoms with E-state index in [0.717, 1.165) is 0 Å². The SMILES string of the molecule is FC(F)(F)C(F)(F)C(F)(F)C(F)(F)COc1nc(OCC(F)(F)C(F)(F)C(F)(F)C(F)(F)F)nc(C23CC4CC(C2)CC(c2nc(OCC(F)(F)C(F)(F)C(F)(F)C(F)(F)C(F)(F)C(F)(F)F)nc(C56CC7CC(CC(c8nc(OCC(F)(F)C(F)(F)C(F)(F)C(F)(F)F)nc(OCC(F)(F)C(F)(F)C(F)(F)C(F)(F)F)n8)(C7)C5)C6)n2)(C4)C3)n1. The third-order valence-electron chi connectivity index (χ3n) is 20.6. The van der Waals surface area contributed by atoms with Crippen molar-refractivity contribution in [1.82, 2.24) is 44.9 Å². The van der Waals surface area contributed by atoms with Gasteiger partial charge in [-0.15, -0.1) is 9.97 Å². The van der Waals surface area contributed by atoms with Crippen molar-refractivity contribution in [2.24, 2.45) is 23.7 Å². The van der Waals surface area contributed by atoms with Crippen LogP contribution >= 0.6 is 0 Å². The second-order valence-electron chi connectivity index (χ2n) is 29.1. The van der Waals surface area contributed by atoms with Crippen molar-refractivity contribution >= 4 is 0 Å². The number of ether oxygens (including phenoxy) is 5. The lowest BCUT2D eigenvalue weighted by molar-refractivity contribution is -0.440. The predicted octanol–water partition coefficient (Wildman–Crippen LogP) is 19.3. The van der Waals surface area contributed by atoms with Gasteiger partial charge in [-0.25, -0.2) is 4.98 Å². The van der Waals surface area contributed by atoms with Crippen molar-refractivity contribution < 1.29 is 239 Å². The second kappa shape index (κ2) is 27.8. The first-order chi connectivity index (χ1) is 52.7. The zero-order valence-electron chi connectivity index (χ0n) is 56.4. The summed E-state index contributed by atoms with van der Waals surface area (Å²) in [4.78, 5) is 30.6. The monoisotopic (exact) mass is 1850 g/mol. The van der Waals surface area contributed by atoms with E-state index in [1.165, 1.54) is 0 Å². The minimum absolute atomic E-state index is 0.293. The van der Waals surface area contributed by atoms with Crippen LogP contribution in [0, 0.1) is 23.7 Å². The molecule has 4 unspecified atom stereocenters. The highest BCUT2D eigenvalue weighted by atomic mass is 19.5. The van der Waals surface area contributed by atoms with Gasteiger partial charge in [0, 0.05) is 21.7 Å². The largest absolute Gasteiger partial charge is 0.460 e. The lowest BCUT2D eigenvalue weighted by Crippen LogP contribution is -2.70. The molecule has 63 heteroatoms. The van der Waals surface area contributed by atoms with E-state index in [4.69, 9.17) is 0 Å². The predicted molar refractivity (Wildman–Crippen MR) is 277 cm³/mol. The average molecular weight is 1850 g/mol. The standard InChI is InChI=1S/C56H38F49N9O5/c57-35(58,40(67,68)45(77,78)46(79,80)51(89,90)56(103,104)105)13-115-26-107-22(31-3-18-1-19(4-31)8-33(7-18,11-31)24-109-27(116-14-36(59,60)41(69,70)47(81,82)52(91,92)93)113-28(110-24)117-15-37(61,62)42(71,72)48(83,84)53(94,95)96)106-23(108-26)32-5-20-2-21(6-32)10-34(9-20,12-32)25-111-29(118-16-38(63,64)43(73,74)49(85,86)54(97,98)99)114-30(112-25)119-17-39(65,66)44(75,76)50(87,88)55(100,101)102/h18-21H,1-17H2. The van der Waals surface area contributed by atoms with Crippen LogP contribution in [0.25, 0.3) is 0 Å². The fourth-order valence-corrected chi connectivity index (χ4v) is 15.5. The molecule has 8 aliphatic rings. The third-order valence-corrected chi connectivity index (χ3v) is 20.6. The first-order valence-electron chi connectivity index (χ1n) is 31.9. The van der Waals surface area contributed by atoms with Crippen LogP contribution in [0.3, 0.4) is 0 Å². The summed E-state index contributed by atoms with van der Waals surface area (Å²) in [5, 5.41) is 0. The topological polar surface area (TPSA) is 162 Å². The molecule has 680 valence electrons. The van der Waals surface area contributed by atoms with E-state index >= 15 is 17.6 Å². The van der Waals surface area contributed by atoms with Gasteiger partial charge in [-0.1, -0.05) is 0 Å². The summed E-state index contributed by atoms with van der Waals surface area (Å²) >= 11 is 0. The van der Waals surface area contributed by atoms with Crippen LogP contribution in [0.2, 0.25) is 0 Å². The number of hydrogen-bond donors (Lipinski definition) is 0. The summed E-state index contributed by atoms with van der Waals surface area (Å²) in [7, 11) is 0. The number of nitrogens with zero attached hydrogens (tertiary/aromatic N) is 9. The van der Waals surface area contributed by atoms with Crippen molar-refractivity contribution in [2.75, 3.05) is 33.0 Å². The first kappa shape index (κ1) is 95.4. The quantitative estimate of drug-likeness (QED) is 0.0559. The molecule has 0 spiro atoms. The highest BCUT2D eigenvalue weighted by molar-refractivity contribution is 5.34. The Morgan fingerprint density at radius 3 is 0.513 bits per heavy atom. The van der Waals surface area contributed by atoms with Crippen molar-refractivity contribution in [3.8, 4) is 30.1 Å². The Kier molecular flexibility index (Phi) is 22.3. The number of halogens is 49. The molecule has 11 rings (SSSR count). The molecule has 0 aromatic carbocycles. The van der Waals surface area contributed by atoms with E-state index in [1.807, 2.05) is 0 Å². The molecule has 119 heavy (non-hydrogen) atoms. The molecule has 3 heterocycles. The minimum Gasteiger partial charge on any atom is -0.457 e. The van der Waals surface area contributed by atoms with Gasteiger partial charge in [-0.2, -0.15) is 245 Å². The van der Waals surface area contributed by atoms with Crippen molar-refractivity contribution in [3.05, 3.63) is 23.3 Å². The molecule has 0 amide bonds. The fraction of sp³-hybridized carbons (Fsp3) is 0.839. The summed E-state index contributed by atoms with van der Waals surface area (Å²) in [5.41, 5.74) is -9.94. The molecule has 8 saturated carbocycles. The third kappa shape index (κ3) is 14.9. The maximum atomic E-state index is 15.8. The van der Waals surface area contributed by atoms with Gasteiger partial charge in [0.25, 0.3) is 0 Å². The van der Waals surface area contributed by atoms with Crippen LogP contribution in [0.5, 0.6) is 30.1 Å². The van der Waals surface area contributed by atoms with Crippen LogP contribution in [-0.4, -0.2) is 209 Å². The molecule has 3 aromatic heterocycles. The molecular weight excluding hydrogens is 1810 g/mol. The molecule has 14 nitrogen and oxygen atoms in total. The molecule has 8 bridgehead atoms. The van der Waals surface area contributed by atoms with Gasteiger partial charge in [0.1, 0.15) is 23.3 Å². The lowest BCUT2D eigenvalue weighted by Gasteiger charge is -2.61. The molecule has 0 aliphatic heterocycles. The van der Waals surface area contributed by atoms with Gasteiger partial charge in [0.15, 0.2) is 33.0 Å². The average Bonchev–Trinajstić information content (AvgIpc) is 0.694. The van der Waals surface area contributed by atoms with Gasteiger partial charge >= 0.3 is 162 Å². The smallest absolute Gasteiger partial charge is 0.457 e. The number of aromatic nitrogens is 9. The van der Waals surface area contributed by atoms with Gasteiger partial charge in [0.2, 0.25) is 0 Å². The number of hydrogen-bond acceptors (Lipinski definition) is 14. The zero-order valence-corrected chi connectivity index (χ0v) is 56.4. The maximum Gasteiger partial charge on any atom is 0.460 e. The Balaban J connectivity index is 1.21. The normalized spacial score (nSPS) is 25.4. The highest BCUT2D eigenvalue weighted by Crippen LogP contribution is 2.70. The van der Waals surface area contributed by atoms with Crippen LogP contribution < -0.4 is 23.7 Å². The molecule has 8 aliphatic carbocycles. The van der Waals surface area contributed by atoms with Crippen LogP contribution in [-0.2, 0) is 21.7 Å². The minimum atomic E-state index is -8.64. The van der Waals surface area contributed by atoms with Gasteiger partial charge < -0.3 is 23.7 Å². The number of alkyl halides is 49. The van der Waals surface area contributed by atoms with E-state index in [-0.39, 0.29) is 12.8 Å². The summed E-state index contributed by atoms with van der Waals surface area (Å²) in [6.07, 6.45) is -47.5. The van der Waals surface area contributed by atoms with Crippen LogP contribution in [0.4, 0.5) is 215 Å². The van der Waals surface area contributed by atoms with Gasteiger partial charge in [-0.05, 0) is 101 Å². The molecule has 4 atom stereocenters. The fourth-order valence-electron chi connectivity index (χ4n) is 15.5. The van der Waals surface area contributed by atoms with Gasteiger partial charge in [-0.3, -0.25) is 0 Å². The Bertz CT molecular complexity index is 3860. The molecule has 8 fully saturated rings. The highest BCUT2D eigenvalue weighted by Gasteiger charge is 2.92. The van der Waals surface area contributed by atoms with Crippen molar-refractivity contribution in [2.45, 2.75) is 230 Å². The summed E-state index contributed by atoms with van der Waals surface area (Å²) in [6, 6.07) is -11.6. The number of rotatable bonds is 31. The maximum absolute atomic E-state index is 15.8. The summed E-state index contributed by atoms with van der Waals surface area (Å²) in [6.45, 7) is -18.2. The molecule has 3 aromatic rings. The van der Waals surface area contributed by atoms with E-state index in [0.29, 0.717) is 0 Å². The molecular formula is C56H38F49N9O5. The Morgan fingerprint density at radius 2 is 0.336 bits per heavy atom. The van der Waals surface area contributed by atoms with Crippen LogP contribution in [0.15, 0.2) is 0 Å². The summed E-state index contributed by atoms with van der Waals surface area (Å²) < 4.78 is 713. The van der Waals surface area contributed by atoms with E-state index in [9.17, 15) is 198 Å². The Hall–Kier alpha value is -7.40. The molecule has 0 saturated heterocycles. The van der Waals surface area contributed by atoms with Crippen LogP contribution in [0.1, 0.15) is 100 Å². The lowest BCUT2D eigenvalue weighted by atomic mass is 9.43. The van der Waals surface area contributed by atoms with E-state index in [2.05, 4.69) is 68.5 Å². The molecule has 0 radical (unpaired) electrons. The van der Waals surface area contributed by atoms with E-state index < -0.39 is 327 Å². The van der Waals surface area contributed by atoms with Crippen molar-refractivity contribution in [3.63, 3.8) is 0 Å². The van der Waals surface area contributed by atoms with E-state index in [1.54, 1.807) is 0 Å². The summed E-state index contributed by atoms with van der Waals surface area (Å²) in [5.74, 6) is -142. The second-order valence-corrected chi connectivity index (χ2v) is 29.1. The molecule has 0 N–H and O–H groups in total.